The Hall–Kier alpha value is -2.93. The van der Waals surface area contributed by atoms with Crippen molar-refractivity contribution in [2.24, 2.45) is 5.73 Å². The minimum atomic E-state index is -0.688. The summed E-state index contributed by atoms with van der Waals surface area (Å²) in [6.45, 7) is 2.73. The van der Waals surface area contributed by atoms with Gasteiger partial charge in [-0.25, -0.2) is 0 Å². The fourth-order valence-electron chi connectivity index (χ4n) is 3.24. The number of rotatable bonds is 7. The van der Waals surface area contributed by atoms with E-state index in [2.05, 4.69) is 30.9 Å². The molecule has 0 spiro atoms. The number of carboxylic acids is 1. The molecule has 1 aliphatic heterocycles. The topological polar surface area (TPSA) is 110 Å². The second kappa shape index (κ2) is 14.1. The van der Waals surface area contributed by atoms with E-state index in [0.29, 0.717) is 19.1 Å². The highest BCUT2D eigenvalue weighted by atomic mass is 16.5. The van der Waals surface area contributed by atoms with Gasteiger partial charge in [0.25, 0.3) is 0 Å². The molecule has 1 saturated heterocycles. The van der Waals surface area contributed by atoms with Crippen molar-refractivity contribution in [3.05, 3.63) is 42.5 Å². The molecular weight excluding hydrogens is 384 g/mol. The van der Waals surface area contributed by atoms with Crippen LogP contribution in [0.3, 0.4) is 0 Å². The van der Waals surface area contributed by atoms with Crippen molar-refractivity contribution < 1.29 is 24.2 Å². The molecule has 2 aromatic rings. The van der Waals surface area contributed by atoms with Crippen molar-refractivity contribution in [3.8, 4) is 5.75 Å². The summed E-state index contributed by atoms with van der Waals surface area (Å²) < 4.78 is 5.75. The fraction of sp³-hybridized carbons (Fsp3) is 0.435. The first kappa shape index (κ1) is 25.1. The van der Waals surface area contributed by atoms with Gasteiger partial charge in [-0.2, -0.15) is 0 Å². The van der Waals surface area contributed by atoms with Crippen LogP contribution in [-0.2, 0) is 14.4 Å². The number of carbonyl (C=O) groups is 3. The van der Waals surface area contributed by atoms with Crippen molar-refractivity contribution in [1.29, 1.82) is 0 Å². The Morgan fingerprint density at radius 3 is 2.40 bits per heavy atom. The molecule has 0 radical (unpaired) electrons. The number of nitrogens with zero attached hydrogens (tertiary/aromatic N) is 1. The summed E-state index contributed by atoms with van der Waals surface area (Å²) in [7, 11) is 1.87. The molecule has 2 unspecified atom stereocenters. The molecule has 3 N–H and O–H groups in total. The Morgan fingerprint density at radius 1 is 1.17 bits per heavy atom. The summed E-state index contributed by atoms with van der Waals surface area (Å²) in [5.74, 6) is 0.237. The largest absolute Gasteiger partial charge is 0.493 e. The maximum absolute atomic E-state index is 10.5. The molecule has 0 aliphatic carbocycles. The Bertz CT molecular complexity index is 791. The number of likely N-dealkylation sites (N-methyl/N-ethyl adjacent to an activating group) is 1. The Morgan fingerprint density at radius 2 is 1.83 bits per heavy atom. The number of amides is 1. The molecule has 7 nitrogen and oxygen atoms in total. The molecule has 30 heavy (non-hydrogen) atoms. The predicted octanol–water partition coefficient (Wildman–Crippen LogP) is 3.24. The fourth-order valence-corrected chi connectivity index (χ4v) is 3.24. The average Bonchev–Trinajstić information content (AvgIpc) is 3.08. The lowest BCUT2D eigenvalue weighted by molar-refractivity contribution is -0.142. The van der Waals surface area contributed by atoms with E-state index in [4.69, 9.17) is 14.6 Å². The molecule has 1 aliphatic rings. The van der Waals surface area contributed by atoms with Gasteiger partial charge in [0.1, 0.15) is 18.1 Å². The van der Waals surface area contributed by atoms with E-state index < -0.39 is 5.97 Å². The van der Waals surface area contributed by atoms with Gasteiger partial charge in [-0.1, -0.05) is 36.4 Å². The van der Waals surface area contributed by atoms with E-state index >= 15 is 0 Å². The first-order chi connectivity index (χ1) is 14.5. The third-order valence-electron chi connectivity index (χ3n) is 5.05. The number of likely N-dealkylation sites (tertiary alicyclic amines) is 1. The number of fused-ring (bicyclic) bond motifs is 1. The van der Waals surface area contributed by atoms with Gasteiger partial charge < -0.3 is 20.4 Å². The van der Waals surface area contributed by atoms with Crippen molar-refractivity contribution in [3.63, 3.8) is 0 Å². The van der Waals surface area contributed by atoms with Crippen LogP contribution in [-0.4, -0.2) is 54.4 Å². The first-order valence-electron chi connectivity index (χ1n) is 10.1. The molecule has 164 valence electrons. The van der Waals surface area contributed by atoms with Crippen LogP contribution >= 0.6 is 0 Å². The number of aldehydes is 1. The predicted molar refractivity (Wildman–Crippen MR) is 117 cm³/mol. The maximum atomic E-state index is 10.5. The number of carboxylic acid groups (broad SMARTS) is 1. The molecule has 0 saturated carbocycles. The minimum Gasteiger partial charge on any atom is -0.493 e. The number of hydrogen-bond acceptors (Lipinski definition) is 5. The normalized spacial score (nSPS) is 17.8. The number of aliphatic carboxylic acids is 1. The van der Waals surface area contributed by atoms with Crippen LogP contribution in [0.25, 0.3) is 10.8 Å². The van der Waals surface area contributed by atoms with Gasteiger partial charge in [0.2, 0.25) is 6.41 Å². The zero-order valence-electron chi connectivity index (χ0n) is 17.7. The van der Waals surface area contributed by atoms with Crippen LogP contribution in [0.1, 0.15) is 39.0 Å². The lowest BCUT2D eigenvalue weighted by Gasteiger charge is -2.19. The van der Waals surface area contributed by atoms with Crippen LogP contribution in [0.5, 0.6) is 5.75 Å². The molecule has 1 amide bonds. The number of hydrogen-bond donors (Lipinski definition) is 2. The van der Waals surface area contributed by atoms with E-state index in [1.54, 1.807) is 0 Å². The molecule has 7 heteroatoms. The van der Waals surface area contributed by atoms with E-state index in [9.17, 15) is 9.59 Å². The quantitative estimate of drug-likeness (QED) is 0.530. The van der Waals surface area contributed by atoms with Crippen molar-refractivity contribution in [2.75, 3.05) is 13.7 Å². The lowest BCUT2D eigenvalue weighted by Crippen LogP contribution is -2.36. The van der Waals surface area contributed by atoms with Gasteiger partial charge in [-0.05, 0) is 51.1 Å². The summed E-state index contributed by atoms with van der Waals surface area (Å²) in [5.41, 5.74) is 4.17. The summed E-state index contributed by atoms with van der Waals surface area (Å²) in [4.78, 5) is 31.2. The average molecular weight is 417 g/mol. The zero-order valence-corrected chi connectivity index (χ0v) is 17.7. The Labute approximate surface area is 177 Å². The molecule has 1 heterocycles. The molecular formula is C23H32N2O5. The second-order valence-corrected chi connectivity index (χ2v) is 7.07. The van der Waals surface area contributed by atoms with Crippen molar-refractivity contribution in [2.45, 2.75) is 51.1 Å². The van der Waals surface area contributed by atoms with Gasteiger partial charge in [-0.3, -0.25) is 14.5 Å². The van der Waals surface area contributed by atoms with Gasteiger partial charge in [0.15, 0.2) is 0 Å². The van der Waals surface area contributed by atoms with Gasteiger partial charge in [0, 0.05) is 17.8 Å². The first-order valence-corrected chi connectivity index (χ1v) is 10.1. The number of nitrogens with two attached hydrogens (primary N) is 1. The lowest BCUT2D eigenvalue weighted by atomic mass is 10.1. The third kappa shape index (κ3) is 8.21. The summed E-state index contributed by atoms with van der Waals surface area (Å²) >= 11 is 0. The van der Waals surface area contributed by atoms with E-state index in [1.807, 2.05) is 36.2 Å². The number of carbonyl (C=O) groups excluding carboxylic acids is 2. The Balaban J connectivity index is 0.000000294. The van der Waals surface area contributed by atoms with Crippen LogP contribution in [0, 0.1) is 0 Å². The highest BCUT2D eigenvalue weighted by molar-refractivity contribution is 5.88. The van der Waals surface area contributed by atoms with Gasteiger partial charge in [-0.15, -0.1) is 0 Å². The van der Waals surface area contributed by atoms with Crippen molar-refractivity contribution in [1.82, 2.24) is 4.90 Å². The van der Waals surface area contributed by atoms with Crippen LogP contribution < -0.4 is 10.5 Å². The zero-order chi connectivity index (χ0) is 22.4. The monoisotopic (exact) mass is 416 g/mol. The molecule has 1 fully saturated rings. The summed E-state index contributed by atoms with van der Waals surface area (Å²) in [5, 5.41) is 11.0. The SMILES string of the molecule is CC1CCC(C(=O)O)N1C.NC=O.O=CCCCCOc1cccc2ccccc12. The standard InChI is InChI=1S/C15H16O2.C7H13NO2.CH3NO/c16-11-4-1-5-12-17-15-10-6-8-13-7-2-3-9-14(13)15;1-5-3-4-6(7(9)10)8(5)2;2-1-3/h2-3,6-11H,1,4-5,12H2;5-6H,3-4H2,1-2H3,(H,9,10);1H,(H2,2,3). The van der Waals surface area contributed by atoms with E-state index in [1.165, 1.54) is 5.39 Å². The Kier molecular flexibility index (Phi) is 11.8. The van der Waals surface area contributed by atoms with Crippen molar-refractivity contribution >= 4 is 29.4 Å². The smallest absolute Gasteiger partial charge is 0.320 e. The van der Waals surface area contributed by atoms with Crippen LogP contribution in [0.4, 0.5) is 0 Å². The minimum absolute atomic E-state index is 0.241. The maximum Gasteiger partial charge on any atom is 0.320 e. The second-order valence-electron chi connectivity index (χ2n) is 7.07. The van der Waals surface area contributed by atoms with Gasteiger partial charge >= 0.3 is 5.97 Å². The van der Waals surface area contributed by atoms with Crippen LogP contribution in [0.15, 0.2) is 42.5 Å². The van der Waals surface area contributed by atoms with Gasteiger partial charge in [0.05, 0.1) is 6.61 Å². The highest BCUT2D eigenvalue weighted by Crippen LogP contribution is 2.25. The number of unbranched alkanes of at least 4 members (excludes halogenated alkanes) is 2. The van der Waals surface area contributed by atoms with E-state index in [-0.39, 0.29) is 12.5 Å². The molecule has 2 aromatic carbocycles. The van der Waals surface area contributed by atoms with E-state index in [0.717, 1.165) is 43.1 Å². The summed E-state index contributed by atoms with van der Waals surface area (Å²) in [6.07, 6.45) is 5.45. The molecule has 0 bridgehead atoms. The highest BCUT2D eigenvalue weighted by Gasteiger charge is 2.32. The van der Waals surface area contributed by atoms with Crippen LogP contribution in [0.2, 0.25) is 0 Å². The summed E-state index contributed by atoms with van der Waals surface area (Å²) in [6, 6.07) is 14.4. The number of benzene rings is 2. The molecule has 3 rings (SSSR count). The number of ether oxygens (including phenoxy) is 1. The third-order valence-corrected chi connectivity index (χ3v) is 5.05. The molecule has 0 aromatic heterocycles. The molecule has 2 atom stereocenters. The number of primary amides is 1.